The number of ether oxygens (including phenoxy) is 1. The maximum absolute atomic E-state index is 12.2. The Hall–Kier alpha value is -1.92. The van der Waals surface area contributed by atoms with E-state index in [1.54, 1.807) is 7.11 Å². The summed E-state index contributed by atoms with van der Waals surface area (Å²) in [7, 11) is 1.57. The van der Waals surface area contributed by atoms with Gasteiger partial charge in [-0.05, 0) is 30.9 Å². The quantitative estimate of drug-likeness (QED) is 0.928. The van der Waals surface area contributed by atoms with Crippen LogP contribution in [-0.2, 0) is 6.42 Å². The van der Waals surface area contributed by atoms with Crippen LogP contribution in [0.25, 0.3) is 0 Å². The number of carbonyl (C=O) groups is 1. The summed E-state index contributed by atoms with van der Waals surface area (Å²) in [5.74, 6) is 0.727. The van der Waals surface area contributed by atoms with Crippen LogP contribution in [0.15, 0.2) is 24.3 Å². The van der Waals surface area contributed by atoms with E-state index < -0.39 is 18.8 Å². The Morgan fingerprint density at radius 2 is 2.14 bits per heavy atom. The molecule has 0 aromatic heterocycles. The monoisotopic (exact) mass is 316 g/mol. The van der Waals surface area contributed by atoms with E-state index in [0.29, 0.717) is 13.0 Å². The second-order valence-electron chi connectivity index (χ2n) is 5.28. The van der Waals surface area contributed by atoms with Gasteiger partial charge < -0.3 is 15.0 Å². The van der Waals surface area contributed by atoms with Crippen molar-refractivity contribution in [2.45, 2.75) is 31.5 Å². The number of hydrogen-bond acceptors (Lipinski definition) is 2. The van der Waals surface area contributed by atoms with E-state index in [4.69, 9.17) is 4.74 Å². The fraction of sp³-hybridized carbons (Fsp3) is 0.533. The third-order valence-electron chi connectivity index (χ3n) is 3.73. The number of likely N-dealkylation sites (tertiary alicyclic amines) is 1. The highest BCUT2D eigenvalue weighted by Crippen LogP contribution is 2.26. The summed E-state index contributed by atoms with van der Waals surface area (Å²) >= 11 is 0. The van der Waals surface area contributed by atoms with Crippen LogP contribution in [0.4, 0.5) is 18.0 Å². The molecule has 1 fully saturated rings. The zero-order chi connectivity index (χ0) is 16.2. The van der Waals surface area contributed by atoms with Crippen LogP contribution < -0.4 is 10.1 Å². The van der Waals surface area contributed by atoms with Gasteiger partial charge in [-0.15, -0.1) is 0 Å². The lowest BCUT2D eigenvalue weighted by atomic mass is 10.0. The van der Waals surface area contributed by atoms with Gasteiger partial charge in [-0.3, -0.25) is 0 Å². The maximum atomic E-state index is 12.2. The minimum absolute atomic E-state index is 0.107. The smallest absolute Gasteiger partial charge is 0.405 e. The number of carbonyl (C=O) groups excluding carboxylic acids is 1. The van der Waals surface area contributed by atoms with Gasteiger partial charge in [0.2, 0.25) is 0 Å². The molecule has 0 spiro atoms. The lowest BCUT2D eigenvalue weighted by Crippen LogP contribution is -2.46. The Morgan fingerprint density at radius 1 is 1.41 bits per heavy atom. The van der Waals surface area contributed by atoms with Crippen molar-refractivity contribution in [3.05, 3.63) is 29.8 Å². The average molecular weight is 316 g/mol. The first kappa shape index (κ1) is 16.5. The number of methoxy groups -OCH3 is 1. The Morgan fingerprint density at radius 3 is 2.82 bits per heavy atom. The first-order chi connectivity index (χ1) is 10.4. The molecule has 0 saturated carbocycles. The minimum atomic E-state index is -4.40. The topological polar surface area (TPSA) is 41.6 Å². The fourth-order valence-electron chi connectivity index (χ4n) is 2.72. The molecule has 1 heterocycles. The van der Waals surface area contributed by atoms with Gasteiger partial charge in [0.05, 0.1) is 7.11 Å². The number of amides is 2. The van der Waals surface area contributed by atoms with Crippen LogP contribution in [-0.4, -0.2) is 43.3 Å². The first-order valence-corrected chi connectivity index (χ1v) is 7.14. The standard InChI is InChI=1S/C15H19F3N2O2/c1-22-13-7-3-2-5-11(13)9-12-6-4-8-20(12)14(21)19-10-15(16,17)18/h2-3,5,7,12H,4,6,8-10H2,1H3,(H,19,21)/t12-/m1/s1. The van der Waals surface area contributed by atoms with Gasteiger partial charge in [0.15, 0.2) is 0 Å². The highest BCUT2D eigenvalue weighted by atomic mass is 19.4. The summed E-state index contributed by atoms with van der Waals surface area (Å²) in [4.78, 5) is 13.4. The van der Waals surface area contributed by atoms with E-state index in [1.165, 1.54) is 4.90 Å². The lowest BCUT2D eigenvalue weighted by molar-refractivity contribution is -0.123. The highest BCUT2D eigenvalue weighted by Gasteiger charge is 2.33. The van der Waals surface area contributed by atoms with E-state index in [9.17, 15) is 18.0 Å². The van der Waals surface area contributed by atoms with Crippen LogP contribution >= 0.6 is 0 Å². The SMILES string of the molecule is COc1ccccc1C[C@H]1CCCN1C(=O)NCC(F)(F)F. The molecule has 2 rings (SSSR count). The minimum Gasteiger partial charge on any atom is -0.496 e. The van der Waals surface area contributed by atoms with Crippen LogP contribution in [0.5, 0.6) is 5.75 Å². The van der Waals surface area contributed by atoms with Gasteiger partial charge in [0.25, 0.3) is 0 Å². The predicted molar refractivity (Wildman–Crippen MR) is 75.9 cm³/mol. The van der Waals surface area contributed by atoms with Crippen molar-refractivity contribution in [3.63, 3.8) is 0 Å². The molecular weight excluding hydrogens is 297 g/mol. The molecule has 0 bridgehead atoms. The zero-order valence-corrected chi connectivity index (χ0v) is 12.3. The zero-order valence-electron chi connectivity index (χ0n) is 12.3. The number of para-hydroxylation sites is 1. The summed E-state index contributed by atoms with van der Waals surface area (Å²) < 4.78 is 41.9. The Bertz CT molecular complexity index is 520. The number of halogens is 3. The molecule has 1 atom stereocenters. The molecule has 1 aliphatic rings. The van der Waals surface area contributed by atoms with E-state index >= 15 is 0 Å². The fourth-order valence-corrected chi connectivity index (χ4v) is 2.72. The third kappa shape index (κ3) is 4.29. The molecule has 1 aromatic rings. The molecular formula is C15H19F3N2O2. The summed E-state index contributed by atoms with van der Waals surface area (Å²) in [6, 6.07) is 6.70. The van der Waals surface area contributed by atoms with Crippen molar-refractivity contribution < 1.29 is 22.7 Å². The number of hydrogen-bond donors (Lipinski definition) is 1. The summed E-state index contributed by atoms with van der Waals surface area (Å²) in [6.45, 7) is -0.826. The number of urea groups is 1. The Labute approximate surface area is 127 Å². The van der Waals surface area contributed by atoms with Crippen molar-refractivity contribution >= 4 is 6.03 Å². The number of nitrogens with one attached hydrogen (secondary N) is 1. The molecule has 2 amide bonds. The molecule has 0 radical (unpaired) electrons. The van der Waals surface area contributed by atoms with E-state index in [-0.39, 0.29) is 6.04 Å². The molecule has 0 aliphatic carbocycles. The molecule has 122 valence electrons. The van der Waals surface area contributed by atoms with Gasteiger partial charge >= 0.3 is 12.2 Å². The van der Waals surface area contributed by atoms with Crippen molar-refractivity contribution in [1.82, 2.24) is 10.2 Å². The molecule has 0 unspecified atom stereocenters. The molecule has 1 aromatic carbocycles. The van der Waals surface area contributed by atoms with E-state index in [2.05, 4.69) is 0 Å². The van der Waals surface area contributed by atoms with E-state index in [0.717, 1.165) is 24.2 Å². The third-order valence-corrected chi connectivity index (χ3v) is 3.73. The second-order valence-corrected chi connectivity index (χ2v) is 5.28. The van der Waals surface area contributed by atoms with Crippen molar-refractivity contribution in [3.8, 4) is 5.75 Å². The summed E-state index contributed by atoms with van der Waals surface area (Å²) in [6.07, 6.45) is -2.26. The molecule has 7 heteroatoms. The average Bonchev–Trinajstić information content (AvgIpc) is 2.93. The van der Waals surface area contributed by atoms with Crippen molar-refractivity contribution in [1.29, 1.82) is 0 Å². The first-order valence-electron chi connectivity index (χ1n) is 7.14. The molecule has 4 nitrogen and oxygen atoms in total. The van der Waals surface area contributed by atoms with Gasteiger partial charge in [-0.2, -0.15) is 13.2 Å². The highest BCUT2D eigenvalue weighted by molar-refractivity contribution is 5.75. The van der Waals surface area contributed by atoms with Crippen molar-refractivity contribution in [2.75, 3.05) is 20.2 Å². The second kappa shape index (κ2) is 6.89. The molecule has 1 aliphatic heterocycles. The van der Waals surface area contributed by atoms with Gasteiger partial charge in [0.1, 0.15) is 12.3 Å². The van der Waals surface area contributed by atoms with E-state index in [1.807, 2.05) is 29.6 Å². The largest absolute Gasteiger partial charge is 0.496 e. The normalized spacial score (nSPS) is 18.4. The molecule has 1 N–H and O–H groups in total. The van der Waals surface area contributed by atoms with Crippen LogP contribution in [0.2, 0.25) is 0 Å². The summed E-state index contributed by atoms with van der Waals surface area (Å²) in [5.41, 5.74) is 0.950. The number of rotatable bonds is 4. The van der Waals surface area contributed by atoms with Crippen LogP contribution in [0.1, 0.15) is 18.4 Å². The maximum Gasteiger partial charge on any atom is 0.405 e. The number of benzene rings is 1. The number of nitrogens with zero attached hydrogens (tertiary/aromatic N) is 1. The van der Waals surface area contributed by atoms with Gasteiger partial charge in [-0.25, -0.2) is 4.79 Å². The Kier molecular flexibility index (Phi) is 5.15. The van der Waals surface area contributed by atoms with Crippen molar-refractivity contribution in [2.24, 2.45) is 0 Å². The summed E-state index contributed by atoms with van der Waals surface area (Å²) in [5, 5.41) is 1.94. The molecule has 1 saturated heterocycles. The van der Waals surface area contributed by atoms with Gasteiger partial charge in [0, 0.05) is 12.6 Å². The number of alkyl halides is 3. The molecule has 22 heavy (non-hydrogen) atoms. The predicted octanol–water partition coefficient (Wildman–Crippen LogP) is 2.97. The van der Waals surface area contributed by atoms with Crippen LogP contribution in [0, 0.1) is 0 Å². The van der Waals surface area contributed by atoms with Gasteiger partial charge in [-0.1, -0.05) is 18.2 Å². The lowest BCUT2D eigenvalue weighted by Gasteiger charge is -2.26. The Balaban J connectivity index is 2.00. The van der Waals surface area contributed by atoms with Crippen LogP contribution in [0.3, 0.4) is 0 Å².